The number of esters is 1. The average molecular weight is 264 g/mol. The number of hydrogen-bond acceptors (Lipinski definition) is 4. The van der Waals surface area contributed by atoms with Gasteiger partial charge in [-0.15, -0.1) is 0 Å². The highest BCUT2D eigenvalue weighted by Gasteiger charge is 2.61. The minimum absolute atomic E-state index is 0.0271. The Morgan fingerprint density at radius 2 is 1.95 bits per heavy atom. The van der Waals surface area contributed by atoms with Crippen LogP contribution in [0.2, 0.25) is 0 Å². The third-order valence-corrected chi connectivity index (χ3v) is 5.47. The van der Waals surface area contributed by atoms with E-state index in [0.29, 0.717) is 11.7 Å². The number of hydrogen-bond donors (Lipinski definition) is 0. The maximum Gasteiger partial charge on any atom is 0.334 e. The van der Waals surface area contributed by atoms with Crippen molar-refractivity contribution in [2.75, 3.05) is 0 Å². The summed E-state index contributed by atoms with van der Waals surface area (Å²) in [5.41, 5.74) is 0.469. The molecule has 4 fully saturated rings. The second-order valence-electron chi connectivity index (χ2n) is 6.89. The van der Waals surface area contributed by atoms with Gasteiger partial charge in [0.05, 0.1) is 23.4 Å². The summed E-state index contributed by atoms with van der Waals surface area (Å²) in [4.78, 5) is 11.8. The summed E-state index contributed by atoms with van der Waals surface area (Å²) < 4.78 is 17.2. The summed E-state index contributed by atoms with van der Waals surface area (Å²) in [5.74, 6) is -0.142. The Hall–Kier alpha value is -0.870. The molecular weight excluding hydrogens is 244 g/mol. The van der Waals surface area contributed by atoms with Crippen molar-refractivity contribution < 1.29 is 19.0 Å². The molecule has 3 heterocycles. The minimum atomic E-state index is -0.239. The molecule has 6 atom stereocenters. The number of carbonyl (C=O) groups is 1. The SMILES string of the molecule is C=C1C(=O)O[C@H]2C[C@@]3(C)OC3CC[C@@]3(C)OC3C[C@H]12. The second kappa shape index (κ2) is 3.41. The molecule has 1 saturated carbocycles. The molecule has 104 valence electrons. The van der Waals surface area contributed by atoms with Crippen LogP contribution in [0.25, 0.3) is 0 Å². The van der Waals surface area contributed by atoms with Gasteiger partial charge in [0, 0.05) is 17.9 Å². The lowest BCUT2D eigenvalue weighted by Gasteiger charge is -2.21. The molecule has 19 heavy (non-hydrogen) atoms. The van der Waals surface area contributed by atoms with Crippen molar-refractivity contribution in [2.45, 2.75) is 69.0 Å². The fourth-order valence-corrected chi connectivity index (χ4v) is 3.84. The van der Waals surface area contributed by atoms with E-state index in [4.69, 9.17) is 14.2 Å². The Balaban J connectivity index is 1.62. The predicted octanol–water partition coefficient (Wildman–Crippen LogP) is 1.97. The van der Waals surface area contributed by atoms with Crippen molar-refractivity contribution in [1.29, 1.82) is 0 Å². The zero-order valence-corrected chi connectivity index (χ0v) is 11.5. The van der Waals surface area contributed by atoms with Crippen molar-refractivity contribution in [1.82, 2.24) is 0 Å². The number of fused-ring (bicyclic) bond motifs is 3. The van der Waals surface area contributed by atoms with Gasteiger partial charge in [0.15, 0.2) is 0 Å². The van der Waals surface area contributed by atoms with E-state index in [2.05, 4.69) is 20.4 Å². The summed E-state index contributed by atoms with van der Waals surface area (Å²) in [6.07, 6.45) is 4.17. The van der Waals surface area contributed by atoms with Gasteiger partial charge in [0.25, 0.3) is 0 Å². The van der Waals surface area contributed by atoms with Gasteiger partial charge in [0.2, 0.25) is 0 Å². The van der Waals surface area contributed by atoms with E-state index in [0.717, 1.165) is 25.7 Å². The van der Waals surface area contributed by atoms with Crippen LogP contribution in [0.5, 0.6) is 0 Å². The van der Waals surface area contributed by atoms with Crippen molar-refractivity contribution in [3.8, 4) is 0 Å². The van der Waals surface area contributed by atoms with Gasteiger partial charge >= 0.3 is 5.97 Å². The van der Waals surface area contributed by atoms with E-state index in [-0.39, 0.29) is 35.3 Å². The van der Waals surface area contributed by atoms with E-state index in [1.54, 1.807) is 0 Å². The monoisotopic (exact) mass is 264 g/mol. The zero-order chi connectivity index (χ0) is 13.4. The number of rotatable bonds is 0. The molecule has 4 heteroatoms. The minimum Gasteiger partial charge on any atom is -0.458 e. The summed E-state index contributed by atoms with van der Waals surface area (Å²) >= 11 is 0. The van der Waals surface area contributed by atoms with Crippen molar-refractivity contribution in [3.05, 3.63) is 12.2 Å². The maximum absolute atomic E-state index is 11.8. The summed E-state index contributed by atoms with van der Waals surface area (Å²) in [7, 11) is 0. The molecule has 4 rings (SSSR count). The molecule has 3 saturated heterocycles. The van der Waals surface area contributed by atoms with Gasteiger partial charge in [-0.1, -0.05) is 6.58 Å². The molecule has 0 spiro atoms. The van der Waals surface area contributed by atoms with Gasteiger partial charge in [-0.2, -0.15) is 0 Å². The first kappa shape index (κ1) is 11.9. The Bertz CT molecular complexity index is 473. The Morgan fingerprint density at radius 1 is 1.21 bits per heavy atom. The Labute approximate surface area is 113 Å². The molecule has 2 unspecified atom stereocenters. The van der Waals surface area contributed by atoms with Crippen LogP contribution in [-0.4, -0.2) is 35.5 Å². The summed E-state index contributed by atoms with van der Waals surface area (Å²) in [5, 5.41) is 0. The van der Waals surface area contributed by atoms with Gasteiger partial charge in [0.1, 0.15) is 6.10 Å². The fraction of sp³-hybridized carbons (Fsp3) is 0.800. The molecule has 0 bridgehead atoms. The smallest absolute Gasteiger partial charge is 0.334 e. The normalized spacial score (nSPS) is 55.7. The van der Waals surface area contributed by atoms with Crippen LogP contribution in [0.4, 0.5) is 0 Å². The molecule has 4 nitrogen and oxygen atoms in total. The Kier molecular flexibility index (Phi) is 2.14. The predicted molar refractivity (Wildman–Crippen MR) is 67.5 cm³/mol. The van der Waals surface area contributed by atoms with Crippen LogP contribution in [-0.2, 0) is 19.0 Å². The fourth-order valence-electron chi connectivity index (χ4n) is 3.84. The molecule has 0 aromatic rings. The lowest BCUT2D eigenvalue weighted by molar-refractivity contribution is -0.139. The first-order valence-electron chi connectivity index (χ1n) is 7.17. The first-order valence-corrected chi connectivity index (χ1v) is 7.17. The largest absolute Gasteiger partial charge is 0.458 e. The van der Waals surface area contributed by atoms with Crippen LogP contribution in [0.1, 0.15) is 39.5 Å². The first-order chi connectivity index (χ1) is 8.91. The molecule has 3 aliphatic heterocycles. The number of ether oxygens (including phenoxy) is 3. The van der Waals surface area contributed by atoms with Gasteiger partial charge in [-0.25, -0.2) is 4.79 Å². The van der Waals surface area contributed by atoms with Crippen LogP contribution < -0.4 is 0 Å². The third-order valence-electron chi connectivity index (χ3n) is 5.47. The van der Waals surface area contributed by atoms with E-state index in [1.165, 1.54) is 0 Å². The van der Waals surface area contributed by atoms with E-state index in [9.17, 15) is 4.79 Å². The standard InChI is InChI=1S/C15H20O4/c1-8-9-6-12-14(2,19-12)5-4-11-15(3,18-11)7-10(9)17-13(8)16/h9-12H,1,4-7H2,2-3H3/t9-,10+,11?,12?,14-,15-/m1/s1. The topological polar surface area (TPSA) is 51.4 Å². The molecular formula is C15H20O4. The lowest BCUT2D eigenvalue weighted by Crippen LogP contribution is -2.28. The van der Waals surface area contributed by atoms with Crippen LogP contribution >= 0.6 is 0 Å². The van der Waals surface area contributed by atoms with E-state index >= 15 is 0 Å². The molecule has 1 aliphatic carbocycles. The summed E-state index contributed by atoms with van der Waals surface area (Å²) in [6.45, 7) is 8.20. The van der Waals surface area contributed by atoms with Gasteiger partial charge in [-0.05, 0) is 33.1 Å². The van der Waals surface area contributed by atoms with Crippen molar-refractivity contribution in [2.24, 2.45) is 5.92 Å². The molecule has 0 aromatic carbocycles. The maximum atomic E-state index is 11.8. The molecule has 4 aliphatic rings. The molecule has 0 N–H and O–H groups in total. The van der Waals surface area contributed by atoms with Crippen LogP contribution in [0, 0.1) is 5.92 Å². The molecule has 0 aromatic heterocycles. The average Bonchev–Trinajstić information content (AvgIpc) is 3.15. The van der Waals surface area contributed by atoms with Crippen molar-refractivity contribution in [3.63, 3.8) is 0 Å². The highest BCUT2D eigenvalue weighted by Crippen LogP contribution is 2.53. The molecule has 0 amide bonds. The Morgan fingerprint density at radius 3 is 2.74 bits per heavy atom. The zero-order valence-electron chi connectivity index (χ0n) is 11.5. The molecule has 0 radical (unpaired) electrons. The van der Waals surface area contributed by atoms with E-state index in [1.807, 2.05) is 0 Å². The highest BCUT2D eigenvalue weighted by atomic mass is 16.6. The van der Waals surface area contributed by atoms with E-state index < -0.39 is 0 Å². The van der Waals surface area contributed by atoms with Gasteiger partial charge < -0.3 is 14.2 Å². The lowest BCUT2D eigenvalue weighted by atomic mass is 9.81. The van der Waals surface area contributed by atoms with Crippen molar-refractivity contribution >= 4 is 5.97 Å². The van der Waals surface area contributed by atoms with Gasteiger partial charge in [-0.3, -0.25) is 0 Å². The summed E-state index contributed by atoms with van der Waals surface area (Å²) in [6, 6.07) is 0. The van der Waals surface area contributed by atoms with Crippen LogP contribution in [0.3, 0.4) is 0 Å². The number of epoxide rings is 2. The third kappa shape index (κ3) is 1.69. The second-order valence-corrected chi connectivity index (χ2v) is 6.89. The van der Waals surface area contributed by atoms with Crippen LogP contribution in [0.15, 0.2) is 12.2 Å². The highest BCUT2D eigenvalue weighted by molar-refractivity contribution is 5.90. The quantitative estimate of drug-likeness (QED) is 0.381. The number of carbonyl (C=O) groups excluding carboxylic acids is 1.